The van der Waals surface area contributed by atoms with Gasteiger partial charge in [0.15, 0.2) is 5.78 Å². The molecule has 0 unspecified atom stereocenters. The zero-order valence-corrected chi connectivity index (χ0v) is 12.4. The zero-order valence-electron chi connectivity index (χ0n) is 12.4. The highest BCUT2D eigenvalue weighted by Crippen LogP contribution is 2.29. The van der Waals surface area contributed by atoms with E-state index in [-0.39, 0.29) is 17.3 Å². The fraction of sp³-hybridized carbons (Fsp3) is 0.316. The molecule has 0 atom stereocenters. The molecule has 1 fully saturated rings. The number of halogens is 1. The third-order valence-electron chi connectivity index (χ3n) is 4.18. The second-order valence-corrected chi connectivity index (χ2v) is 5.76. The van der Waals surface area contributed by atoms with Crippen molar-refractivity contribution in [2.24, 2.45) is 5.92 Å². The highest BCUT2D eigenvalue weighted by atomic mass is 19.1. The first-order valence-corrected chi connectivity index (χ1v) is 7.74. The van der Waals surface area contributed by atoms with E-state index in [9.17, 15) is 9.18 Å². The lowest BCUT2D eigenvalue weighted by atomic mass is 9.96. The van der Waals surface area contributed by atoms with Gasteiger partial charge >= 0.3 is 0 Å². The van der Waals surface area contributed by atoms with Crippen molar-refractivity contribution in [2.75, 3.05) is 0 Å². The standard InChI is InChI=1S/C19H19FO2/c20-18-12-16(22-13-14-6-2-1-3-7-14)10-11-17(18)19(21)15-8-4-5-9-15/h1-3,6-7,10-12,15H,4-5,8-9,13H2. The molecule has 1 aliphatic carbocycles. The highest BCUT2D eigenvalue weighted by Gasteiger charge is 2.25. The van der Waals surface area contributed by atoms with Crippen LogP contribution in [0.15, 0.2) is 48.5 Å². The number of Topliss-reactive ketones (excluding diaryl/α,β-unsaturated/α-hetero) is 1. The van der Waals surface area contributed by atoms with Crippen LogP contribution in [-0.2, 0) is 6.61 Å². The molecule has 0 heterocycles. The second kappa shape index (κ2) is 6.73. The third kappa shape index (κ3) is 3.35. The van der Waals surface area contributed by atoms with Gasteiger partial charge in [-0.25, -0.2) is 4.39 Å². The first-order chi connectivity index (χ1) is 10.7. The summed E-state index contributed by atoms with van der Waals surface area (Å²) >= 11 is 0. The molecule has 22 heavy (non-hydrogen) atoms. The minimum absolute atomic E-state index is 0.00872. The Labute approximate surface area is 129 Å². The Morgan fingerprint density at radius 2 is 1.82 bits per heavy atom. The van der Waals surface area contributed by atoms with Gasteiger partial charge in [-0.1, -0.05) is 43.2 Å². The van der Waals surface area contributed by atoms with Crippen LogP contribution in [0.4, 0.5) is 4.39 Å². The van der Waals surface area contributed by atoms with Crippen molar-refractivity contribution in [3.63, 3.8) is 0 Å². The lowest BCUT2D eigenvalue weighted by molar-refractivity contribution is 0.0918. The van der Waals surface area contributed by atoms with Crippen LogP contribution >= 0.6 is 0 Å². The molecular weight excluding hydrogens is 279 g/mol. The number of hydrogen-bond acceptors (Lipinski definition) is 2. The summed E-state index contributed by atoms with van der Waals surface area (Å²) in [6.07, 6.45) is 3.89. The van der Waals surface area contributed by atoms with Crippen molar-refractivity contribution in [3.8, 4) is 5.75 Å². The smallest absolute Gasteiger partial charge is 0.168 e. The average molecular weight is 298 g/mol. The fourth-order valence-corrected chi connectivity index (χ4v) is 2.93. The number of carbonyl (C=O) groups excluding carboxylic acids is 1. The predicted molar refractivity (Wildman–Crippen MR) is 83.5 cm³/mol. The van der Waals surface area contributed by atoms with E-state index in [1.54, 1.807) is 12.1 Å². The molecule has 3 rings (SSSR count). The predicted octanol–water partition coefficient (Wildman–Crippen LogP) is 4.78. The van der Waals surface area contributed by atoms with Gasteiger partial charge in [0.1, 0.15) is 18.2 Å². The van der Waals surface area contributed by atoms with Crippen LogP contribution in [-0.4, -0.2) is 5.78 Å². The molecule has 114 valence electrons. The molecule has 1 aliphatic rings. The Bertz CT molecular complexity index is 646. The number of benzene rings is 2. The van der Waals surface area contributed by atoms with Gasteiger partial charge in [-0.3, -0.25) is 4.79 Å². The highest BCUT2D eigenvalue weighted by molar-refractivity contribution is 5.98. The summed E-state index contributed by atoms with van der Waals surface area (Å²) in [5.41, 5.74) is 1.22. The van der Waals surface area contributed by atoms with E-state index in [0.29, 0.717) is 12.4 Å². The molecule has 0 spiro atoms. The zero-order chi connectivity index (χ0) is 15.4. The van der Waals surface area contributed by atoms with E-state index in [1.807, 2.05) is 30.3 Å². The topological polar surface area (TPSA) is 26.3 Å². The quantitative estimate of drug-likeness (QED) is 0.743. The Morgan fingerprint density at radius 3 is 2.50 bits per heavy atom. The second-order valence-electron chi connectivity index (χ2n) is 5.76. The average Bonchev–Trinajstić information content (AvgIpc) is 3.08. The van der Waals surface area contributed by atoms with E-state index in [1.165, 1.54) is 6.07 Å². The van der Waals surface area contributed by atoms with E-state index >= 15 is 0 Å². The first kappa shape index (κ1) is 14.8. The minimum atomic E-state index is -0.484. The number of ether oxygens (including phenoxy) is 1. The number of carbonyl (C=O) groups is 1. The van der Waals surface area contributed by atoms with Crippen LogP contribution in [0.2, 0.25) is 0 Å². The van der Waals surface area contributed by atoms with Gasteiger partial charge in [0, 0.05) is 12.0 Å². The van der Waals surface area contributed by atoms with Crippen molar-refractivity contribution >= 4 is 5.78 Å². The molecule has 2 aromatic rings. The molecule has 0 saturated heterocycles. The molecule has 2 aromatic carbocycles. The van der Waals surface area contributed by atoms with Gasteiger partial charge < -0.3 is 4.74 Å². The molecule has 0 radical (unpaired) electrons. The number of ketones is 1. The van der Waals surface area contributed by atoms with Crippen LogP contribution in [0, 0.1) is 11.7 Å². The Kier molecular flexibility index (Phi) is 4.52. The van der Waals surface area contributed by atoms with E-state index in [4.69, 9.17) is 4.74 Å². The van der Waals surface area contributed by atoms with Crippen molar-refractivity contribution in [2.45, 2.75) is 32.3 Å². The fourth-order valence-electron chi connectivity index (χ4n) is 2.93. The summed E-state index contributed by atoms with van der Waals surface area (Å²) in [5, 5.41) is 0. The van der Waals surface area contributed by atoms with E-state index in [0.717, 1.165) is 31.2 Å². The van der Waals surface area contributed by atoms with Crippen LogP contribution < -0.4 is 4.74 Å². The third-order valence-corrected chi connectivity index (χ3v) is 4.18. The largest absolute Gasteiger partial charge is 0.489 e. The van der Waals surface area contributed by atoms with E-state index in [2.05, 4.69) is 0 Å². The van der Waals surface area contributed by atoms with Crippen LogP contribution in [0.3, 0.4) is 0 Å². The SMILES string of the molecule is O=C(c1ccc(OCc2ccccc2)cc1F)C1CCCC1. The van der Waals surface area contributed by atoms with Crippen LogP contribution in [0.1, 0.15) is 41.6 Å². The van der Waals surface area contributed by atoms with Gasteiger partial charge in [-0.2, -0.15) is 0 Å². The van der Waals surface area contributed by atoms with Crippen LogP contribution in [0.25, 0.3) is 0 Å². The monoisotopic (exact) mass is 298 g/mol. The molecule has 0 aromatic heterocycles. The maximum atomic E-state index is 14.2. The maximum absolute atomic E-state index is 14.2. The number of rotatable bonds is 5. The van der Waals surface area contributed by atoms with Crippen molar-refractivity contribution in [1.82, 2.24) is 0 Å². The van der Waals surface area contributed by atoms with Crippen molar-refractivity contribution < 1.29 is 13.9 Å². The Morgan fingerprint density at radius 1 is 1.09 bits per heavy atom. The molecular formula is C19H19FO2. The summed E-state index contributed by atoms with van der Waals surface area (Å²) in [6, 6.07) is 14.2. The molecule has 2 nitrogen and oxygen atoms in total. The Hall–Kier alpha value is -2.16. The summed E-state index contributed by atoms with van der Waals surface area (Å²) in [7, 11) is 0. The van der Waals surface area contributed by atoms with Gasteiger partial charge in [-0.05, 0) is 30.5 Å². The summed E-state index contributed by atoms with van der Waals surface area (Å²) in [6.45, 7) is 0.385. The van der Waals surface area contributed by atoms with Crippen LogP contribution in [0.5, 0.6) is 5.75 Å². The molecule has 0 amide bonds. The lowest BCUT2D eigenvalue weighted by Gasteiger charge is -2.11. The van der Waals surface area contributed by atoms with Gasteiger partial charge in [0.2, 0.25) is 0 Å². The van der Waals surface area contributed by atoms with Gasteiger partial charge in [0.25, 0.3) is 0 Å². The van der Waals surface area contributed by atoms with Gasteiger partial charge in [0.05, 0.1) is 5.56 Å². The molecule has 0 N–H and O–H groups in total. The first-order valence-electron chi connectivity index (χ1n) is 7.74. The summed E-state index contributed by atoms with van der Waals surface area (Å²) in [4.78, 5) is 12.3. The minimum Gasteiger partial charge on any atom is -0.489 e. The Balaban J connectivity index is 1.68. The normalized spacial score (nSPS) is 15.0. The maximum Gasteiger partial charge on any atom is 0.168 e. The van der Waals surface area contributed by atoms with Gasteiger partial charge in [-0.15, -0.1) is 0 Å². The molecule has 3 heteroatoms. The molecule has 0 aliphatic heterocycles. The molecule has 1 saturated carbocycles. The van der Waals surface area contributed by atoms with Crippen molar-refractivity contribution in [3.05, 3.63) is 65.5 Å². The summed E-state index contributed by atoms with van der Waals surface area (Å²) < 4.78 is 19.8. The number of hydrogen-bond donors (Lipinski definition) is 0. The van der Waals surface area contributed by atoms with Crippen molar-refractivity contribution in [1.29, 1.82) is 0 Å². The lowest BCUT2D eigenvalue weighted by Crippen LogP contribution is -2.13. The molecule has 0 bridgehead atoms. The summed E-state index contributed by atoms with van der Waals surface area (Å²) in [5.74, 6) is -0.109. The van der Waals surface area contributed by atoms with E-state index < -0.39 is 5.82 Å².